The molecule has 2 aliphatic rings. The van der Waals surface area contributed by atoms with Crippen molar-refractivity contribution in [2.75, 3.05) is 11.5 Å². The van der Waals surface area contributed by atoms with Crippen LogP contribution in [0.25, 0.3) is 0 Å². The van der Waals surface area contributed by atoms with Gasteiger partial charge in [-0.25, -0.2) is 0 Å². The second-order valence-electron chi connectivity index (χ2n) is 3.92. The van der Waals surface area contributed by atoms with Crippen LogP contribution in [0.4, 0.5) is 0 Å². The Kier molecular flexibility index (Phi) is 2.94. The Morgan fingerprint density at radius 1 is 1.17 bits per heavy atom. The maximum Gasteiger partial charge on any atom is 0.0555 e. The smallest absolute Gasteiger partial charge is 0.0555 e. The van der Waals surface area contributed by atoms with Gasteiger partial charge in [0.1, 0.15) is 0 Å². The second-order valence-corrected chi connectivity index (χ2v) is 4.99. The predicted octanol–water partition coefficient (Wildman–Crippen LogP) is 0.995. The molecule has 1 aliphatic heterocycles. The maximum absolute atomic E-state index is 9.44. The van der Waals surface area contributed by atoms with E-state index in [4.69, 9.17) is 0 Å². The summed E-state index contributed by atoms with van der Waals surface area (Å²) in [7, 11) is 0. The highest BCUT2D eigenvalue weighted by molar-refractivity contribution is 8.00. The van der Waals surface area contributed by atoms with Crippen LogP contribution in [0.15, 0.2) is 0 Å². The normalized spacial score (nSPS) is 37.8. The molecule has 0 bridgehead atoms. The van der Waals surface area contributed by atoms with E-state index in [1.165, 1.54) is 24.3 Å². The predicted molar refractivity (Wildman–Crippen MR) is 52.5 cm³/mol. The Morgan fingerprint density at radius 2 is 2.00 bits per heavy atom. The lowest BCUT2D eigenvalue weighted by Gasteiger charge is -2.34. The van der Waals surface area contributed by atoms with Gasteiger partial charge in [-0.1, -0.05) is 0 Å². The van der Waals surface area contributed by atoms with E-state index in [1.807, 2.05) is 11.8 Å². The number of thioether (sulfide) groups is 1. The fraction of sp³-hybridized carbons (Fsp3) is 1.00. The molecule has 1 heterocycles. The summed E-state index contributed by atoms with van der Waals surface area (Å²) in [5.74, 6) is 2.54. The summed E-state index contributed by atoms with van der Waals surface area (Å²) in [6.45, 7) is 0. The molecular weight excluding hydrogens is 170 g/mol. The largest absolute Gasteiger partial charge is 0.393 e. The standard InChI is InChI=1S/C9H17NOS/c11-9-3-1-2-7(4-9)10-8-5-12-6-8/h7-11H,1-6H2. The van der Waals surface area contributed by atoms with E-state index in [-0.39, 0.29) is 6.10 Å². The molecule has 1 saturated heterocycles. The van der Waals surface area contributed by atoms with Gasteiger partial charge in [0.25, 0.3) is 0 Å². The molecule has 0 aromatic rings. The summed E-state index contributed by atoms with van der Waals surface area (Å²) in [4.78, 5) is 0. The minimum absolute atomic E-state index is 0.0380. The first-order chi connectivity index (χ1) is 5.84. The highest BCUT2D eigenvalue weighted by Gasteiger charge is 2.25. The van der Waals surface area contributed by atoms with Gasteiger partial charge in [-0.3, -0.25) is 0 Å². The molecule has 3 heteroatoms. The average molecular weight is 187 g/mol. The molecule has 1 saturated carbocycles. The van der Waals surface area contributed by atoms with Crippen molar-refractivity contribution in [3.8, 4) is 0 Å². The lowest BCUT2D eigenvalue weighted by molar-refractivity contribution is 0.110. The zero-order chi connectivity index (χ0) is 8.39. The zero-order valence-corrected chi connectivity index (χ0v) is 8.15. The van der Waals surface area contributed by atoms with Crippen molar-refractivity contribution in [1.29, 1.82) is 0 Å². The molecule has 2 rings (SSSR count). The molecule has 70 valence electrons. The number of aliphatic hydroxyl groups is 1. The molecule has 0 aromatic carbocycles. The van der Waals surface area contributed by atoms with Gasteiger partial charge in [0.05, 0.1) is 6.10 Å². The van der Waals surface area contributed by atoms with Gasteiger partial charge >= 0.3 is 0 Å². The van der Waals surface area contributed by atoms with Gasteiger partial charge in [0.15, 0.2) is 0 Å². The molecule has 2 N–H and O–H groups in total. The summed E-state index contributed by atoms with van der Waals surface area (Å²) in [6.07, 6.45) is 4.40. The Hall–Kier alpha value is 0.270. The fourth-order valence-corrected chi connectivity index (χ4v) is 2.64. The first kappa shape index (κ1) is 8.85. The minimum atomic E-state index is -0.0380. The van der Waals surface area contributed by atoms with Gasteiger partial charge in [-0.2, -0.15) is 11.8 Å². The molecule has 12 heavy (non-hydrogen) atoms. The molecule has 0 radical (unpaired) electrons. The van der Waals surface area contributed by atoms with E-state index in [0.717, 1.165) is 18.9 Å². The van der Waals surface area contributed by atoms with Crippen LogP contribution in [0, 0.1) is 0 Å². The maximum atomic E-state index is 9.44. The first-order valence-electron chi connectivity index (χ1n) is 4.86. The van der Waals surface area contributed by atoms with E-state index in [9.17, 15) is 5.11 Å². The number of hydrogen-bond acceptors (Lipinski definition) is 3. The van der Waals surface area contributed by atoms with E-state index in [2.05, 4.69) is 5.32 Å². The van der Waals surface area contributed by atoms with Crippen molar-refractivity contribution in [3.05, 3.63) is 0 Å². The van der Waals surface area contributed by atoms with Crippen LogP contribution in [0.3, 0.4) is 0 Å². The summed E-state index contributed by atoms with van der Waals surface area (Å²) in [5, 5.41) is 13.0. The monoisotopic (exact) mass is 187 g/mol. The average Bonchev–Trinajstić information content (AvgIpc) is 1.97. The van der Waals surface area contributed by atoms with Crippen molar-refractivity contribution < 1.29 is 5.11 Å². The summed E-state index contributed by atoms with van der Waals surface area (Å²) < 4.78 is 0. The van der Waals surface area contributed by atoms with E-state index in [1.54, 1.807) is 0 Å². The molecule has 1 aliphatic carbocycles. The van der Waals surface area contributed by atoms with Crippen molar-refractivity contribution >= 4 is 11.8 Å². The SMILES string of the molecule is OC1CCCC(NC2CSC2)C1. The number of hydrogen-bond donors (Lipinski definition) is 2. The quantitative estimate of drug-likeness (QED) is 0.676. The summed E-state index contributed by atoms with van der Waals surface area (Å²) >= 11 is 2.01. The molecular formula is C9H17NOS. The highest BCUT2D eigenvalue weighted by Crippen LogP contribution is 2.23. The Bertz CT molecular complexity index is 149. The van der Waals surface area contributed by atoms with Crippen molar-refractivity contribution in [2.45, 2.75) is 43.9 Å². The highest BCUT2D eigenvalue weighted by atomic mass is 32.2. The number of nitrogens with one attached hydrogen (secondary N) is 1. The van der Waals surface area contributed by atoms with E-state index in [0.29, 0.717) is 6.04 Å². The minimum Gasteiger partial charge on any atom is -0.393 e. The second kappa shape index (κ2) is 3.99. The zero-order valence-electron chi connectivity index (χ0n) is 7.33. The van der Waals surface area contributed by atoms with Crippen LogP contribution in [-0.4, -0.2) is 34.8 Å². The third kappa shape index (κ3) is 2.15. The van der Waals surface area contributed by atoms with Crippen LogP contribution in [0.2, 0.25) is 0 Å². The molecule has 2 nitrogen and oxygen atoms in total. The summed E-state index contributed by atoms with van der Waals surface area (Å²) in [6, 6.07) is 1.34. The third-order valence-electron chi connectivity index (χ3n) is 2.76. The third-order valence-corrected chi connectivity index (χ3v) is 4.03. The Morgan fingerprint density at radius 3 is 2.58 bits per heavy atom. The van der Waals surface area contributed by atoms with Crippen molar-refractivity contribution in [2.24, 2.45) is 0 Å². The van der Waals surface area contributed by atoms with Gasteiger partial charge < -0.3 is 10.4 Å². The van der Waals surface area contributed by atoms with E-state index < -0.39 is 0 Å². The number of aliphatic hydroxyl groups excluding tert-OH is 1. The lowest BCUT2D eigenvalue weighted by atomic mass is 9.92. The first-order valence-corrected chi connectivity index (χ1v) is 6.02. The van der Waals surface area contributed by atoms with Crippen molar-refractivity contribution in [1.82, 2.24) is 5.32 Å². The number of rotatable bonds is 2. The van der Waals surface area contributed by atoms with Gasteiger partial charge in [0, 0.05) is 23.6 Å². The summed E-state index contributed by atoms with van der Waals surface area (Å²) in [5.41, 5.74) is 0. The van der Waals surface area contributed by atoms with Crippen molar-refractivity contribution in [3.63, 3.8) is 0 Å². The van der Waals surface area contributed by atoms with Gasteiger partial charge in [0.2, 0.25) is 0 Å². The molecule has 0 amide bonds. The Labute approximate surface area is 78.1 Å². The molecule has 2 atom stereocenters. The topological polar surface area (TPSA) is 32.3 Å². The lowest BCUT2D eigenvalue weighted by Crippen LogP contribution is -2.48. The van der Waals surface area contributed by atoms with Gasteiger partial charge in [-0.05, 0) is 25.7 Å². The molecule has 2 fully saturated rings. The van der Waals surface area contributed by atoms with Gasteiger partial charge in [-0.15, -0.1) is 0 Å². The van der Waals surface area contributed by atoms with Crippen LogP contribution < -0.4 is 5.32 Å². The fourth-order valence-electron chi connectivity index (χ4n) is 1.98. The molecule has 0 aromatic heterocycles. The van der Waals surface area contributed by atoms with E-state index >= 15 is 0 Å². The van der Waals surface area contributed by atoms with Crippen LogP contribution in [0.5, 0.6) is 0 Å². The van der Waals surface area contributed by atoms with Crippen LogP contribution in [-0.2, 0) is 0 Å². The van der Waals surface area contributed by atoms with Crippen LogP contribution >= 0.6 is 11.8 Å². The molecule has 2 unspecified atom stereocenters. The molecule has 0 spiro atoms. The van der Waals surface area contributed by atoms with Crippen LogP contribution in [0.1, 0.15) is 25.7 Å². The Balaban J connectivity index is 1.71.